The topological polar surface area (TPSA) is 151 Å². The van der Waals surface area contributed by atoms with Gasteiger partial charge in [0.25, 0.3) is 0 Å². The van der Waals surface area contributed by atoms with Crippen molar-refractivity contribution in [3.05, 3.63) is 66.2 Å². The van der Waals surface area contributed by atoms with E-state index in [1.165, 1.54) is 0 Å². The number of aromatic amines is 1. The molecule has 4 heterocycles. The summed E-state index contributed by atoms with van der Waals surface area (Å²) in [7, 11) is 0. The monoisotopic (exact) mass is 414 g/mol. The van der Waals surface area contributed by atoms with E-state index in [9.17, 15) is 4.79 Å². The van der Waals surface area contributed by atoms with Gasteiger partial charge in [-0.3, -0.25) is 9.89 Å². The van der Waals surface area contributed by atoms with Crippen molar-refractivity contribution in [1.29, 1.82) is 0 Å². The van der Waals surface area contributed by atoms with Gasteiger partial charge in [0.2, 0.25) is 5.91 Å². The lowest BCUT2D eigenvalue weighted by molar-refractivity contribution is 0.100. The quantitative estimate of drug-likeness (QED) is 0.400. The average Bonchev–Trinajstić information content (AvgIpc) is 3.44. The smallest absolute Gasteiger partial charge is 0.248 e. The summed E-state index contributed by atoms with van der Waals surface area (Å²) in [5.41, 5.74) is 14.6. The van der Waals surface area contributed by atoms with Gasteiger partial charge in [-0.15, -0.1) is 0 Å². The van der Waals surface area contributed by atoms with Gasteiger partial charge in [0.15, 0.2) is 17.2 Å². The van der Waals surface area contributed by atoms with Gasteiger partial charge in [0.1, 0.15) is 11.8 Å². The van der Waals surface area contributed by atoms with Crippen LogP contribution in [-0.2, 0) is 0 Å². The standard InChI is InChI=1S/C21H18N8O2/c1-11(18-16(29-6-2-5-25-29)8-14-10-24-28-21(14)27-18)31-17-9-13-7-12(20(23)30)3-4-15(13)26-19(17)22/h2-11H,1H3,(H2,22,26)(H2,23,30)(H,24,27,28). The predicted octanol–water partition coefficient (Wildman–Crippen LogP) is 2.51. The summed E-state index contributed by atoms with van der Waals surface area (Å²) in [5, 5.41) is 12.8. The third kappa shape index (κ3) is 3.29. The number of anilines is 1. The van der Waals surface area contributed by atoms with Gasteiger partial charge in [-0.2, -0.15) is 10.2 Å². The number of hydrogen-bond acceptors (Lipinski definition) is 7. The molecule has 0 radical (unpaired) electrons. The van der Waals surface area contributed by atoms with Gasteiger partial charge < -0.3 is 16.2 Å². The molecule has 31 heavy (non-hydrogen) atoms. The number of amides is 1. The lowest BCUT2D eigenvalue weighted by Crippen LogP contribution is -2.12. The first-order chi connectivity index (χ1) is 15.0. The van der Waals surface area contributed by atoms with E-state index in [0.29, 0.717) is 33.6 Å². The van der Waals surface area contributed by atoms with Crippen LogP contribution in [0, 0.1) is 0 Å². The number of nitrogens with zero attached hydrogens (tertiary/aromatic N) is 5. The number of ether oxygens (including phenoxy) is 1. The Balaban J connectivity index is 1.57. The maximum absolute atomic E-state index is 11.5. The van der Waals surface area contributed by atoms with Crippen LogP contribution in [0.25, 0.3) is 27.6 Å². The predicted molar refractivity (Wildman–Crippen MR) is 115 cm³/mol. The van der Waals surface area contributed by atoms with Crippen molar-refractivity contribution < 1.29 is 9.53 Å². The summed E-state index contributed by atoms with van der Waals surface area (Å²) in [5.74, 6) is 0.0875. The molecule has 1 aromatic carbocycles. The first-order valence-corrected chi connectivity index (χ1v) is 9.50. The van der Waals surface area contributed by atoms with Crippen LogP contribution in [0.2, 0.25) is 0 Å². The molecule has 0 aliphatic carbocycles. The molecular weight excluding hydrogens is 396 g/mol. The number of carbonyl (C=O) groups excluding carboxylic acids is 1. The van der Waals surface area contributed by atoms with Crippen molar-refractivity contribution >= 4 is 33.7 Å². The molecule has 5 N–H and O–H groups in total. The first kappa shape index (κ1) is 18.6. The Kier molecular flexibility index (Phi) is 4.25. The molecule has 4 aromatic heterocycles. The number of benzene rings is 1. The highest BCUT2D eigenvalue weighted by molar-refractivity contribution is 5.97. The zero-order valence-electron chi connectivity index (χ0n) is 16.5. The van der Waals surface area contributed by atoms with Crippen LogP contribution in [0.4, 0.5) is 5.82 Å². The Hall–Kier alpha value is -4.47. The second-order valence-corrected chi connectivity index (χ2v) is 7.05. The van der Waals surface area contributed by atoms with Gasteiger partial charge in [-0.1, -0.05) is 0 Å². The minimum atomic E-state index is -0.518. The number of nitrogens with one attached hydrogen (secondary N) is 1. The first-order valence-electron chi connectivity index (χ1n) is 9.50. The molecule has 10 heteroatoms. The third-order valence-electron chi connectivity index (χ3n) is 4.97. The summed E-state index contributed by atoms with van der Waals surface area (Å²) in [6.07, 6.45) is 4.73. The Morgan fingerprint density at radius 1 is 1.19 bits per heavy atom. The number of nitrogens with two attached hydrogens (primary N) is 2. The molecule has 154 valence electrons. The molecule has 5 rings (SSSR count). The van der Waals surface area contributed by atoms with Crippen LogP contribution in [0.1, 0.15) is 29.1 Å². The highest BCUT2D eigenvalue weighted by atomic mass is 16.5. The van der Waals surface area contributed by atoms with E-state index >= 15 is 0 Å². The van der Waals surface area contributed by atoms with E-state index < -0.39 is 12.0 Å². The van der Waals surface area contributed by atoms with E-state index in [1.54, 1.807) is 41.3 Å². The Labute approximate surface area is 175 Å². The maximum atomic E-state index is 11.5. The lowest BCUT2D eigenvalue weighted by atomic mass is 10.1. The molecule has 1 unspecified atom stereocenters. The molecule has 0 saturated heterocycles. The maximum Gasteiger partial charge on any atom is 0.248 e. The fourth-order valence-electron chi connectivity index (χ4n) is 3.44. The molecule has 0 bridgehead atoms. The van der Waals surface area contributed by atoms with Crippen molar-refractivity contribution in [1.82, 2.24) is 29.9 Å². The van der Waals surface area contributed by atoms with Crippen molar-refractivity contribution in [3.63, 3.8) is 0 Å². The number of rotatable bonds is 5. The summed E-state index contributed by atoms with van der Waals surface area (Å²) >= 11 is 0. The molecule has 0 fully saturated rings. The van der Waals surface area contributed by atoms with Crippen LogP contribution in [-0.4, -0.2) is 35.9 Å². The van der Waals surface area contributed by atoms with Crippen LogP contribution in [0.15, 0.2) is 55.0 Å². The summed E-state index contributed by atoms with van der Waals surface area (Å²) in [4.78, 5) is 20.6. The van der Waals surface area contributed by atoms with Gasteiger partial charge in [-0.25, -0.2) is 14.6 Å². The summed E-state index contributed by atoms with van der Waals surface area (Å²) in [6, 6.07) is 10.5. The van der Waals surface area contributed by atoms with Crippen LogP contribution in [0.5, 0.6) is 5.75 Å². The van der Waals surface area contributed by atoms with Gasteiger partial charge in [-0.05, 0) is 43.3 Å². The number of primary amides is 1. The number of carbonyl (C=O) groups is 1. The highest BCUT2D eigenvalue weighted by Gasteiger charge is 2.20. The molecule has 0 spiro atoms. The normalized spacial score (nSPS) is 12.3. The Morgan fingerprint density at radius 2 is 2.06 bits per heavy atom. The molecule has 1 atom stereocenters. The third-order valence-corrected chi connectivity index (χ3v) is 4.97. The van der Waals surface area contributed by atoms with Crippen molar-refractivity contribution in [2.75, 3.05) is 5.73 Å². The molecule has 10 nitrogen and oxygen atoms in total. The second kappa shape index (κ2) is 7.10. The number of hydrogen-bond donors (Lipinski definition) is 3. The highest BCUT2D eigenvalue weighted by Crippen LogP contribution is 2.32. The minimum Gasteiger partial charge on any atom is -0.480 e. The average molecular weight is 414 g/mol. The van der Waals surface area contributed by atoms with E-state index in [-0.39, 0.29) is 5.82 Å². The zero-order valence-corrected chi connectivity index (χ0v) is 16.5. The van der Waals surface area contributed by atoms with Crippen molar-refractivity contribution in [3.8, 4) is 11.4 Å². The van der Waals surface area contributed by atoms with Crippen LogP contribution in [0.3, 0.4) is 0 Å². The Morgan fingerprint density at radius 3 is 2.84 bits per heavy atom. The fraction of sp³-hybridized carbons (Fsp3) is 0.0952. The number of nitrogen functional groups attached to an aromatic ring is 1. The van der Waals surface area contributed by atoms with E-state index in [4.69, 9.17) is 21.2 Å². The zero-order chi connectivity index (χ0) is 21.5. The van der Waals surface area contributed by atoms with Gasteiger partial charge in [0.05, 0.1) is 17.4 Å². The minimum absolute atomic E-state index is 0.231. The summed E-state index contributed by atoms with van der Waals surface area (Å²) in [6.45, 7) is 1.86. The van der Waals surface area contributed by atoms with E-state index in [2.05, 4.69) is 20.3 Å². The van der Waals surface area contributed by atoms with Crippen molar-refractivity contribution in [2.24, 2.45) is 5.73 Å². The molecular formula is C21H18N8O2. The van der Waals surface area contributed by atoms with Crippen LogP contribution < -0.4 is 16.2 Å². The SMILES string of the molecule is CC(Oc1cc2cc(C(N)=O)ccc2nc1N)c1nc2[nH]ncc2cc1-n1cccn1. The second-order valence-electron chi connectivity index (χ2n) is 7.05. The number of aromatic nitrogens is 6. The summed E-state index contributed by atoms with van der Waals surface area (Å²) < 4.78 is 7.88. The largest absolute Gasteiger partial charge is 0.480 e. The Bertz CT molecular complexity index is 1420. The number of H-pyrrole nitrogens is 1. The van der Waals surface area contributed by atoms with E-state index in [1.807, 2.05) is 25.3 Å². The molecule has 0 aliphatic rings. The van der Waals surface area contributed by atoms with Gasteiger partial charge in [0, 0.05) is 28.7 Å². The van der Waals surface area contributed by atoms with E-state index in [0.717, 1.165) is 11.1 Å². The molecule has 0 saturated carbocycles. The molecule has 0 aliphatic heterocycles. The molecule has 1 amide bonds. The molecule has 5 aromatic rings. The van der Waals surface area contributed by atoms with Crippen LogP contribution >= 0.6 is 0 Å². The fourth-order valence-corrected chi connectivity index (χ4v) is 3.44. The lowest BCUT2D eigenvalue weighted by Gasteiger charge is -2.19. The van der Waals surface area contributed by atoms with Crippen molar-refractivity contribution in [2.45, 2.75) is 13.0 Å². The number of fused-ring (bicyclic) bond motifs is 2. The van der Waals surface area contributed by atoms with Gasteiger partial charge >= 0.3 is 0 Å². The number of pyridine rings is 2.